The third kappa shape index (κ3) is 8.94. The van der Waals surface area contributed by atoms with Crippen LogP contribution in [-0.4, -0.2) is 0 Å². The number of allylic oxidation sites excluding steroid dienone is 1. The first-order valence-electron chi connectivity index (χ1n) is 1.22. The van der Waals surface area contributed by atoms with Crippen LogP contribution in [0.2, 0.25) is 0 Å². The fourth-order valence-corrected chi connectivity index (χ4v) is 0. The third-order valence-corrected chi connectivity index (χ3v) is 0.142. The van der Waals surface area contributed by atoms with Crippen LogP contribution >= 0.6 is 0 Å². The number of hydrogen-bond donors (Lipinski definition) is 0. The van der Waals surface area contributed by atoms with E-state index in [0.717, 1.165) is 0 Å². The Balaban J connectivity index is 0. The van der Waals surface area contributed by atoms with Crippen LogP contribution in [0.5, 0.6) is 0 Å². The van der Waals surface area contributed by atoms with Gasteiger partial charge in [-0.1, -0.05) is 6.58 Å². The van der Waals surface area contributed by atoms with Crippen molar-refractivity contribution in [3.63, 3.8) is 0 Å². The van der Waals surface area contributed by atoms with Gasteiger partial charge in [0.15, 0.2) is 0 Å². The quantitative estimate of drug-likeness (QED) is 0.144. The summed E-state index contributed by atoms with van der Waals surface area (Å²) in [6.45, 7) is 4.63. The van der Waals surface area contributed by atoms with E-state index in [1.807, 2.05) is 0 Å². The van der Waals surface area contributed by atoms with Gasteiger partial charge in [-0.25, -0.2) is 0 Å². The second kappa shape index (κ2) is 5.10. The Labute approximate surface area is 48.9 Å². The zero-order valence-electron chi connectivity index (χ0n) is 4.02. The predicted octanol–water partition coefficient (Wildman–Crippen LogP) is -3.18. The minimum absolute atomic E-state index is 0. The summed E-state index contributed by atoms with van der Waals surface area (Å²) < 4.78 is 0. The molecule has 0 atom stereocenters. The van der Waals surface area contributed by atoms with Crippen molar-refractivity contribution in [2.45, 2.75) is 6.92 Å². The van der Waals surface area contributed by atoms with Crippen LogP contribution in [-0.2, 0) is 4.89 Å². The van der Waals surface area contributed by atoms with E-state index in [1.54, 1.807) is 0 Å². The van der Waals surface area contributed by atoms with Gasteiger partial charge < -0.3 is 10.1 Å². The minimum atomic E-state index is 0. The molecule has 3 heteroatoms. The Morgan fingerprint density at radius 2 is 2.00 bits per heavy atom. The monoisotopic (exact) mass is 80.0 g/mol. The van der Waals surface area contributed by atoms with E-state index < -0.39 is 0 Å². The molecule has 30 valence electrons. The predicted molar refractivity (Wildman–Crippen MR) is 15.9 cm³/mol. The summed E-state index contributed by atoms with van der Waals surface area (Å²) in [7, 11) is 0. The maximum atomic E-state index is 9.03. The molecule has 0 aliphatic rings. The zero-order valence-corrected chi connectivity index (χ0v) is 4.02. The summed E-state index contributed by atoms with van der Waals surface area (Å²) in [5.74, 6) is 0.199. The SMILES string of the molecule is C=C(C)O[O-].[Li+]. The Morgan fingerprint density at radius 1 is 1.83 bits per heavy atom. The van der Waals surface area contributed by atoms with E-state index in [-0.39, 0.29) is 24.6 Å². The van der Waals surface area contributed by atoms with Crippen LogP contribution in [0, 0.1) is 0 Å². The van der Waals surface area contributed by atoms with Crippen molar-refractivity contribution in [2.75, 3.05) is 0 Å². The van der Waals surface area contributed by atoms with Crippen LogP contribution in [0.4, 0.5) is 0 Å². The van der Waals surface area contributed by atoms with E-state index in [1.165, 1.54) is 6.92 Å². The van der Waals surface area contributed by atoms with Crippen molar-refractivity contribution < 1.29 is 29.0 Å². The smallest absolute Gasteiger partial charge is 0.664 e. The molecule has 0 aromatic heterocycles. The Hall–Kier alpha value is 0.0974. The van der Waals surface area contributed by atoms with Gasteiger partial charge in [-0.3, -0.25) is 0 Å². The fourth-order valence-electron chi connectivity index (χ4n) is 0. The number of hydrogen-bond acceptors (Lipinski definition) is 2. The van der Waals surface area contributed by atoms with Crippen LogP contribution in [0.1, 0.15) is 6.92 Å². The molecule has 0 spiro atoms. The molecule has 0 saturated heterocycles. The third-order valence-electron chi connectivity index (χ3n) is 0.142. The maximum Gasteiger partial charge on any atom is 1.00 e. The van der Waals surface area contributed by atoms with Gasteiger partial charge in [0.25, 0.3) is 0 Å². The average molecular weight is 80.0 g/mol. The average Bonchev–Trinajstić information content (AvgIpc) is 1.38. The fraction of sp³-hybridized carbons (Fsp3) is 0.333. The molecular weight excluding hydrogens is 75.0 g/mol. The Bertz CT molecular complexity index is 44.1. The standard InChI is InChI=1S/C3H6O2.Li/c1-3(2)5-4;/h4H,1H2,2H3;/q;+1/p-1. The molecule has 0 N–H and O–H groups in total. The summed E-state index contributed by atoms with van der Waals surface area (Å²) in [5, 5.41) is 9.03. The van der Waals surface area contributed by atoms with Crippen LogP contribution in [0.15, 0.2) is 12.3 Å². The summed E-state index contributed by atoms with van der Waals surface area (Å²) in [6.07, 6.45) is 0. The van der Waals surface area contributed by atoms with Gasteiger partial charge in [-0.05, 0) is 6.92 Å². The summed E-state index contributed by atoms with van der Waals surface area (Å²) in [5.41, 5.74) is 0. The molecule has 0 aliphatic carbocycles. The molecule has 0 bridgehead atoms. The van der Waals surface area contributed by atoms with Crippen molar-refractivity contribution in [3.05, 3.63) is 12.3 Å². The van der Waals surface area contributed by atoms with Crippen LogP contribution in [0.3, 0.4) is 0 Å². The first kappa shape index (κ1) is 9.44. The molecular formula is C3H5LiO2. The van der Waals surface area contributed by atoms with Crippen molar-refractivity contribution in [2.24, 2.45) is 0 Å². The summed E-state index contributed by atoms with van der Waals surface area (Å²) in [4.78, 5) is 3.31. The largest absolute Gasteiger partial charge is 1.00 e. The van der Waals surface area contributed by atoms with Crippen molar-refractivity contribution in [1.82, 2.24) is 0 Å². The van der Waals surface area contributed by atoms with E-state index in [9.17, 15) is 0 Å². The summed E-state index contributed by atoms with van der Waals surface area (Å²) >= 11 is 0. The topological polar surface area (TPSA) is 32.3 Å². The van der Waals surface area contributed by atoms with Crippen LogP contribution < -0.4 is 24.1 Å². The van der Waals surface area contributed by atoms with Crippen molar-refractivity contribution >= 4 is 0 Å². The molecule has 0 unspecified atom stereocenters. The molecule has 0 aromatic carbocycles. The first-order valence-corrected chi connectivity index (χ1v) is 1.22. The molecule has 0 rings (SSSR count). The van der Waals surface area contributed by atoms with E-state index in [0.29, 0.717) is 0 Å². The number of rotatable bonds is 1. The zero-order chi connectivity index (χ0) is 4.28. The van der Waals surface area contributed by atoms with E-state index in [2.05, 4.69) is 11.5 Å². The molecule has 6 heavy (non-hydrogen) atoms. The molecule has 0 saturated carbocycles. The van der Waals surface area contributed by atoms with Gasteiger partial charge in [0, 0.05) is 0 Å². The van der Waals surface area contributed by atoms with Crippen molar-refractivity contribution in [3.8, 4) is 0 Å². The second-order valence-electron chi connectivity index (χ2n) is 0.785. The van der Waals surface area contributed by atoms with Gasteiger partial charge in [0.2, 0.25) is 0 Å². The Kier molecular flexibility index (Phi) is 8.02. The van der Waals surface area contributed by atoms with Crippen LogP contribution in [0.25, 0.3) is 0 Å². The molecule has 2 nitrogen and oxygen atoms in total. The molecule has 0 aromatic rings. The van der Waals surface area contributed by atoms with Gasteiger partial charge in [0.1, 0.15) is 0 Å². The van der Waals surface area contributed by atoms with Crippen molar-refractivity contribution in [1.29, 1.82) is 0 Å². The van der Waals surface area contributed by atoms with Gasteiger partial charge >= 0.3 is 18.9 Å². The second-order valence-corrected chi connectivity index (χ2v) is 0.785. The van der Waals surface area contributed by atoms with Gasteiger partial charge in [-0.2, -0.15) is 0 Å². The Morgan fingerprint density at radius 3 is 2.00 bits per heavy atom. The molecule has 0 fully saturated rings. The van der Waals surface area contributed by atoms with E-state index in [4.69, 9.17) is 5.26 Å². The minimum Gasteiger partial charge on any atom is -0.664 e. The molecule has 0 heterocycles. The maximum absolute atomic E-state index is 9.03. The molecule has 0 amide bonds. The molecule has 0 aliphatic heterocycles. The first-order chi connectivity index (χ1) is 2.27. The normalized spacial score (nSPS) is 5.67. The van der Waals surface area contributed by atoms with Gasteiger partial charge in [-0.15, -0.1) is 0 Å². The summed E-state index contributed by atoms with van der Waals surface area (Å²) in [6, 6.07) is 0. The molecule has 0 radical (unpaired) electrons. The van der Waals surface area contributed by atoms with Gasteiger partial charge in [0.05, 0.1) is 5.76 Å². The van der Waals surface area contributed by atoms with E-state index >= 15 is 0 Å².